The minimum absolute atomic E-state index is 0.210. The Labute approximate surface area is 104 Å². The van der Waals surface area contributed by atoms with Crippen molar-refractivity contribution in [2.24, 2.45) is 0 Å². The molecule has 4 nitrogen and oxygen atoms in total. The molecule has 2 unspecified atom stereocenters. The zero-order chi connectivity index (χ0) is 14.1. The molecule has 0 aliphatic carbocycles. The molecule has 7 heteroatoms. The van der Waals surface area contributed by atoms with Gasteiger partial charge >= 0.3 is 12.3 Å². The van der Waals surface area contributed by atoms with E-state index in [0.29, 0.717) is 0 Å². The molecule has 0 aromatic heterocycles. The van der Waals surface area contributed by atoms with E-state index >= 15 is 0 Å². The number of carbonyl (C=O) groups is 1. The van der Waals surface area contributed by atoms with Crippen LogP contribution in [0.2, 0.25) is 0 Å². The van der Waals surface area contributed by atoms with Crippen molar-refractivity contribution in [3.05, 3.63) is 0 Å². The molecule has 1 amide bonds. The van der Waals surface area contributed by atoms with Crippen LogP contribution in [0.3, 0.4) is 0 Å². The van der Waals surface area contributed by atoms with Gasteiger partial charge in [0.25, 0.3) is 0 Å². The van der Waals surface area contributed by atoms with Gasteiger partial charge in [-0.1, -0.05) is 0 Å². The Morgan fingerprint density at radius 2 is 1.83 bits per heavy atom. The zero-order valence-corrected chi connectivity index (χ0v) is 11.0. The van der Waals surface area contributed by atoms with Crippen molar-refractivity contribution in [1.82, 2.24) is 10.2 Å². The standard InChI is InChI=1S/C11H19F3N2O2/c1-7-5-16(9(17)18-10(2,3)4)6-8(15-7)11(12,13)14/h7-8,15H,5-6H2,1-4H3. The summed E-state index contributed by atoms with van der Waals surface area (Å²) < 4.78 is 43.0. The molecule has 0 aromatic carbocycles. The van der Waals surface area contributed by atoms with Crippen molar-refractivity contribution in [1.29, 1.82) is 0 Å². The molecule has 1 heterocycles. The Hall–Kier alpha value is -0.980. The number of piperazine rings is 1. The van der Waals surface area contributed by atoms with Gasteiger partial charge in [-0.15, -0.1) is 0 Å². The summed E-state index contributed by atoms with van der Waals surface area (Å²) in [5.41, 5.74) is -0.709. The number of amides is 1. The minimum atomic E-state index is -4.37. The lowest BCUT2D eigenvalue weighted by Crippen LogP contribution is -2.62. The number of rotatable bonds is 0. The third-order valence-corrected chi connectivity index (χ3v) is 2.43. The molecule has 0 bridgehead atoms. The lowest BCUT2D eigenvalue weighted by Gasteiger charge is -2.38. The van der Waals surface area contributed by atoms with E-state index in [2.05, 4.69) is 5.32 Å². The van der Waals surface area contributed by atoms with Crippen LogP contribution >= 0.6 is 0 Å². The Balaban J connectivity index is 2.69. The zero-order valence-electron chi connectivity index (χ0n) is 11.0. The largest absolute Gasteiger partial charge is 0.444 e. The number of nitrogens with one attached hydrogen (secondary N) is 1. The summed E-state index contributed by atoms with van der Waals surface area (Å²) in [5, 5.41) is 2.43. The van der Waals surface area contributed by atoms with Crippen LogP contribution in [0, 0.1) is 0 Å². The highest BCUT2D eigenvalue weighted by Gasteiger charge is 2.45. The van der Waals surface area contributed by atoms with Crippen LogP contribution in [-0.4, -0.2) is 47.9 Å². The Morgan fingerprint density at radius 1 is 1.28 bits per heavy atom. The first-order chi connectivity index (χ1) is 7.99. The van der Waals surface area contributed by atoms with Crippen LogP contribution in [0.25, 0.3) is 0 Å². The SMILES string of the molecule is CC1CN(C(=O)OC(C)(C)C)CC(C(F)(F)F)N1. The number of hydrogen-bond donors (Lipinski definition) is 1. The number of alkyl halides is 3. The molecule has 0 aromatic rings. The summed E-state index contributed by atoms with van der Waals surface area (Å²) in [6, 6.07) is -2.12. The van der Waals surface area contributed by atoms with E-state index in [4.69, 9.17) is 4.74 Å². The normalized spacial score (nSPS) is 26.1. The van der Waals surface area contributed by atoms with Crippen molar-refractivity contribution >= 4 is 6.09 Å². The molecule has 1 aliphatic rings. The van der Waals surface area contributed by atoms with Gasteiger partial charge in [0.2, 0.25) is 0 Å². The van der Waals surface area contributed by atoms with E-state index in [9.17, 15) is 18.0 Å². The molecule has 0 radical (unpaired) electrons. The lowest BCUT2D eigenvalue weighted by molar-refractivity contribution is -0.166. The van der Waals surface area contributed by atoms with Gasteiger partial charge in [-0.2, -0.15) is 13.2 Å². The van der Waals surface area contributed by atoms with Crippen molar-refractivity contribution < 1.29 is 22.7 Å². The minimum Gasteiger partial charge on any atom is -0.444 e. The van der Waals surface area contributed by atoms with Crippen LogP contribution in [0.15, 0.2) is 0 Å². The van der Waals surface area contributed by atoms with E-state index in [-0.39, 0.29) is 6.54 Å². The molecule has 1 fully saturated rings. The first-order valence-electron chi connectivity index (χ1n) is 5.80. The number of nitrogens with zero attached hydrogens (tertiary/aromatic N) is 1. The van der Waals surface area contributed by atoms with Gasteiger partial charge in [0.05, 0.1) is 0 Å². The molecular formula is C11H19F3N2O2. The van der Waals surface area contributed by atoms with Gasteiger partial charge in [0.1, 0.15) is 11.6 Å². The molecule has 1 N–H and O–H groups in total. The summed E-state index contributed by atoms with van der Waals surface area (Å²) in [6.45, 7) is 6.44. The molecule has 0 spiro atoms. The third kappa shape index (κ3) is 4.36. The highest BCUT2D eigenvalue weighted by molar-refractivity contribution is 5.68. The average Bonchev–Trinajstić information content (AvgIpc) is 2.12. The second-order valence-electron chi connectivity index (χ2n) is 5.55. The Morgan fingerprint density at radius 3 is 2.28 bits per heavy atom. The predicted molar refractivity (Wildman–Crippen MR) is 60.2 cm³/mol. The van der Waals surface area contributed by atoms with Gasteiger partial charge < -0.3 is 15.0 Å². The maximum Gasteiger partial charge on any atom is 0.410 e. The molecule has 2 atom stereocenters. The number of halogens is 3. The Kier molecular flexibility index (Phi) is 4.15. The van der Waals surface area contributed by atoms with E-state index in [1.54, 1.807) is 27.7 Å². The maximum absolute atomic E-state index is 12.6. The van der Waals surface area contributed by atoms with E-state index in [1.807, 2.05) is 0 Å². The highest BCUT2D eigenvalue weighted by Crippen LogP contribution is 2.24. The van der Waals surface area contributed by atoms with Gasteiger partial charge in [-0.3, -0.25) is 0 Å². The second kappa shape index (κ2) is 4.95. The van der Waals surface area contributed by atoms with E-state index in [1.165, 1.54) is 0 Å². The summed E-state index contributed by atoms with van der Waals surface area (Å²) in [4.78, 5) is 12.8. The van der Waals surface area contributed by atoms with Crippen LogP contribution in [0.5, 0.6) is 0 Å². The van der Waals surface area contributed by atoms with E-state index in [0.717, 1.165) is 4.90 Å². The maximum atomic E-state index is 12.6. The smallest absolute Gasteiger partial charge is 0.410 e. The van der Waals surface area contributed by atoms with Crippen molar-refractivity contribution in [2.75, 3.05) is 13.1 Å². The first-order valence-corrected chi connectivity index (χ1v) is 5.80. The lowest BCUT2D eigenvalue weighted by atomic mass is 10.1. The van der Waals surface area contributed by atoms with Crippen molar-refractivity contribution in [3.63, 3.8) is 0 Å². The molecular weight excluding hydrogens is 249 g/mol. The predicted octanol–water partition coefficient (Wildman–Crippen LogP) is 2.15. The summed E-state index contributed by atoms with van der Waals surface area (Å²) in [6.07, 6.45) is -5.07. The fraction of sp³-hybridized carbons (Fsp3) is 0.909. The van der Waals surface area contributed by atoms with Gasteiger partial charge in [-0.25, -0.2) is 4.79 Å². The van der Waals surface area contributed by atoms with Crippen LogP contribution in [-0.2, 0) is 4.74 Å². The molecule has 106 valence electrons. The molecule has 0 saturated carbocycles. The van der Waals surface area contributed by atoms with Gasteiger partial charge in [-0.05, 0) is 27.7 Å². The molecule has 18 heavy (non-hydrogen) atoms. The monoisotopic (exact) mass is 268 g/mol. The van der Waals surface area contributed by atoms with Crippen LogP contribution < -0.4 is 5.32 Å². The number of ether oxygens (including phenoxy) is 1. The first kappa shape index (κ1) is 15.1. The summed E-state index contributed by atoms with van der Waals surface area (Å²) in [5.74, 6) is 0. The number of hydrogen-bond acceptors (Lipinski definition) is 3. The van der Waals surface area contributed by atoms with Gasteiger partial charge in [0, 0.05) is 19.1 Å². The summed E-state index contributed by atoms with van der Waals surface area (Å²) >= 11 is 0. The highest BCUT2D eigenvalue weighted by atomic mass is 19.4. The van der Waals surface area contributed by atoms with Crippen LogP contribution in [0.4, 0.5) is 18.0 Å². The quantitative estimate of drug-likeness (QED) is 0.732. The Bertz CT molecular complexity index is 312. The molecule has 1 rings (SSSR count). The van der Waals surface area contributed by atoms with Crippen molar-refractivity contribution in [3.8, 4) is 0 Å². The van der Waals surface area contributed by atoms with E-state index < -0.39 is 36.5 Å². The molecule has 1 aliphatic heterocycles. The summed E-state index contributed by atoms with van der Waals surface area (Å²) in [7, 11) is 0. The fourth-order valence-corrected chi connectivity index (χ4v) is 1.75. The van der Waals surface area contributed by atoms with Crippen LogP contribution in [0.1, 0.15) is 27.7 Å². The average molecular weight is 268 g/mol. The topological polar surface area (TPSA) is 41.6 Å². The molecule has 1 saturated heterocycles. The number of carbonyl (C=O) groups excluding carboxylic acids is 1. The second-order valence-corrected chi connectivity index (χ2v) is 5.55. The van der Waals surface area contributed by atoms with Gasteiger partial charge in [0.15, 0.2) is 0 Å². The fourth-order valence-electron chi connectivity index (χ4n) is 1.75. The third-order valence-electron chi connectivity index (χ3n) is 2.43. The van der Waals surface area contributed by atoms with Crippen molar-refractivity contribution in [2.45, 2.75) is 51.6 Å².